The SMILES string of the molecule is O=C(CCc1cn(CN2CCN(C(=O)[C@@H]3COc4ccccc4O3)CC2)c2ccccc12)N1CCCCC1. The number of carbonyl (C=O) groups is 2. The van der Waals surface area contributed by atoms with Crippen LogP contribution in [0.5, 0.6) is 11.5 Å². The number of piperazine rings is 1. The average Bonchev–Trinajstić information content (AvgIpc) is 3.33. The van der Waals surface area contributed by atoms with Crippen LogP contribution in [0.4, 0.5) is 0 Å². The minimum absolute atomic E-state index is 0.00812. The fourth-order valence-electron chi connectivity index (χ4n) is 5.85. The van der Waals surface area contributed by atoms with Gasteiger partial charge >= 0.3 is 0 Å². The third kappa shape index (κ3) is 5.23. The van der Waals surface area contributed by atoms with Crippen LogP contribution in [-0.4, -0.2) is 83.1 Å². The topological polar surface area (TPSA) is 67.2 Å². The maximum atomic E-state index is 13.1. The number of carbonyl (C=O) groups excluding carboxylic acids is 2. The normalized spacial score (nSPS) is 20.1. The first-order valence-electron chi connectivity index (χ1n) is 13.9. The third-order valence-corrected chi connectivity index (χ3v) is 8.01. The van der Waals surface area contributed by atoms with Crippen LogP contribution >= 0.6 is 0 Å². The Morgan fingerprint density at radius 2 is 1.55 bits per heavy atom. The number of likely N-dealkylation sites (tertiary alicyclic amines) is 1. The molecule has 2 fully saturated rings. The largest absolute Gasteiger partial charge is 0.485 e. The first kappa shape index (κ1) is 24.8. The van der Waals surface area contributed by atoms with E-state index in [1.54, 1.807) is 0 Å². The van der Waals surface area contributed by atoms with Gasteiger partial charge in [0.25, 0.3) is 5.91 Å². The molecule has 6 rings (SSSR count). The predicted octanol–water partition coefficient (Wildman–Crippen LogP) is 3.53. The highest BCUT2D eigenvalue weighted by molar-refractivity contribution is 5.85. The number of piperidine rings is 1. The molecule has 2 amide bonds. The quantitative estimate of drug-likeness (QED) is 0.502. The molecule has 8 heteroatoms. The van der Waals surface area contributed by atoms with Crippen LogP contribution in [0.2, 0.25) is 0 Å². The lowest BCUT2D eigenvalue weighted by Gasteiger charge is -2.37. The van der Waals surface area contributed by atoms with E-state index in [-0.39, 0.29) is 18.4 Å². The highest BCUT2D eigenvalue weighted by Crippen LogP contribution is 2.31. The van der Waals surface area contributed by atoms with Gasteiger partial charge in [-0.2, -0.15) is 0 Å². The van der Waals surface area contributed by atoms with Crippen molar-refractivity contribution < 1.29 is 19.1 Å². The summed E-state index contributed by atoms with van der Waals surface area (Å²) >= 11 is 0. The van der Waals surface area contributed by atoms with Gasteiger partial charge in [0.1, 0.15) is 6.61 Å². The standard InChI is InChI=1S/C30H36N4O4/c35-29(32-14-6-1-7-15-32)13-12-23-20-34(25-9-3-2-8-24(23)25)22-31-16-18-33(19-17-31)30(36)28-21-37-26-10-4-5-11-27(26)38-28/h2-5,8-11,20,28H,1,6-7,12-19,21-22H2/t28-/m0/s1. The van der Waals surface area contributed by atoms with Gasteiger partial charge in [0, 0.05) is 62.8 Å². The van der Waals surface area contributed by atoms with E-state index in [1.807, 2.05) is 34.1 Å². The van der Waals surface area contributed by atoms with Crippen molar-refractivity contribution in [1.29, 1.82) is 0 Å². The number of aryl methyl sites for hydroxylation is 1. The maximum absolute atomic E-state index is 13.1. The van der Waals surface area contributed by atoms with Crippen LogP contribution in [0.15, 0.2) is 54.7 Å². The van der Waals surface area contributed by atoms with Crippen LogP contribution in [0.25, 0.3) is 10.9 Å². The summed E-state index contributed by atoms with van der Waals surface area (Å²) in [6.45, 7) is 5.74. The van der Waals surface area contributed by atoms with E-state index in [9.17, 15) is 9.59 Å². The van der Waals surface area contributed by atoms with Gasteiger partial charge in [-0.25, -0.2) is 0 Å². The van der Waals surface area contributed by atoms with Gasteiger partial charge in [-0.05, 0) is 49.4 Å². The Hall–Kier alpha value is -3.52. The zero-order valence-electron chi connectivity index (χ0n) is 21.9. The number of hydrogen-bond donors (Lipinski definition) is 0. The molecule has 3 aromatic rings. The molecule has 0 unspecified atom stereocenters. The summed E-state index contributed by atoms with van der Waals surface area (Å²) in [6, 6.07) is 15.9. The monoisotopic (exact) mass is 516 g/mol. The molecule has 38 heavy (non-hydrogen) atoms. The molecule has 1 atom stereocenters. The second-order valence-corrected chi connectivity index (χ2v) is 10.5. The number of nitrogens with zero attached hydrogens (tertiary/aromatic N) is 4. The number of para-hydroxylation sites is 3. The Balaban J connectivity index is 1.05. The fourth-order valence-corrected chi connectivity index (χ4v) is 5.85. The molecular formula is C30H36N4O4. The van der Waals surface area contributed by atoms with E-state index in [4.69, 9.17) is 9.47 Å². The van der Waals surface area contributed by atoms with Crippen LogP contribution < -0.4 is 9.47 Å². The molecule has 0 aliphatic carbocycles. The van der Waals surface area contributed by atoms with Crippen molar-refractivity contribution in [2.75, 3.05) is 45.9 Å². The zero-order valence-corrected chi connectivity index (χ0v) is 21.9. The molecule has 3 aliphatic heterocycles. The minimum Gasteiger partial charge on any atom is -0.485 e. The van der Waals surface area contributed by atoms with Gasteiger partial charge < -0.3 is 23.8 Å². The van der Waals surface area contributed by atoms with E-state index in [0.29, 0.717) is 31.0 Å². The highest BCUT2D eigenvalue weighted by Gasteiger charge is 2.32. The van der Waals surface area contributed by atoms with Crippen molar-refractivity contribution in [3.05, 3.63) is 60.3 Å². The lowest BCUT2D eigenvalue weighted by Crippen LogP contribution is -2.54. The fraction of sp³-hybridized carbons (Fsp3) is 0.467. The molecule has 200 valence electrons. The first-order valence-corrected chi connectivity index (χ1v) is 13.9. The molecule has 2 saturated heterocycles. The van der Waals surface area contributed by atoms with Crippen LogP contribution in [0, 0.1) is 0 Å². The van der Waals surface area contributed by atoms with Crippen molar-refractivity contribution in [3.8, 4) is 11.5 Å². The van der Waals surface area contributed by atoms with Crippen LogP contribution in [0.1, 0.15) is 31.2 Å². The van der Waals surface area contributed by atoms with Crippen molar-refractivity contribution in [2.24, 2.45) is 0 Å². The van der Waals surface area contributed by atoms with Gasteiger partial charge in [0.05, 0.1) is 6.67 Å². The summed E-state index contributed by atoms with van der Waals surface area (Å²) < 4.78 is 14.0. The van der Waals surface area contributed by atoms with Gasteiger partial charge in [-0.15, -0.1) is 0 Å². The second-order valence-electron chi connectivity index (χ2n) is 10.5. The van der Waals surface area contributed by atoms with Crippen molar-refractivity contribution in [1.82, 2.24) is 19.3 Å². The average molecular weight is 517 g/mol. The molecular weight excluding hydrogens is 480 g/mol. The molecule has 1 aromatic heterocycles. The molecule has 3 aliphatic rings. The van der Waals surface area contributed by atoms with E-state index in [0.717, 1.165) is 52.1 Å². The lowest BCUT2D eigenvalue weighted by molar-refractivity contribution is -0.143. The smallest absolute Gasteiger partial charge is 0.267 e. The summed E-state index contributed by atoms with van der Waals surface area (Å²) in [4.78, 5) is 32.2. The summed E-state index contributed by atoms with van der Waals surface area (Å²) in [7, 11) is 0. The summed E-state index contributed by atoms with van der Waals surface area (Å²) in [5.41, 5.74) is 2.42. The second kappa shape index (κ2) is 11.1. The number of rotatable bonds is 6. The first-order chi connectivity index (χ1) is 18.7. The summed E-state index contributed by atoms with van der Waals surface area (Å²) in [6.07, 6.45) is 6.43. The summed E-state index contributed by atoms with van der Waals surface area (Å²) in [5.74, 6) is 1.59. The van der Waals surface area contributed by atoms with E-state index >= 15 is 0 Å². The number of aromatic nitrogens is 1. The van der Waals surface area contributed by atoms with Crippen LogP contribution in [-0.2, 0) is 22.7 Å². The Morgan fingerprint density at radius 1 is 0.816 bits per heavy atom. The number of amides is 2. The van der Waals surface area contributed by atoms with Gasteiger partial charge in [-0.3, -0.25) is 14.5 Å². The van der Waals surface area contributed by atoms with E-state index < -0.39 is 6.10 Å². The lowest BCUT2D eigenvalue weighted by atomic mass is 10.1. The molecule has 0 saturated carbocycles. The molecule has 0 spiro atoms. The van der Waals surface area contributed by atoms with Gasteiger partial charge in [0.2, 0.25) is 12.0 Å². The Labute approximate surface area is 223 Å². The Bertz CT molecular complexity index is 1290. The molecule has 0 bridgehead atoms. The minimum atomic E-state index is -0.597. The molecule has 0 N–H and O–H groups in total. The number of benzene rings is 2. The Morgan fingerprint density at radius 3 is 2.37 bits per heavy atom. The molecule has 2 aromatic carbocycles. The predicted molar refractivity (Wildman–Crippen MR) is 145 cm³/mol. The van der Waals surface area contributed by atoms with Crippen molar-refractivity contribution in [2.45, 2.75) is 44.9 Å². The third-order valence-electron chi connectivity index (χ3n) is 8.01. The molecule has 4 heterocycles. The van der Waals surface area contributed by atoms with E-state index in [1.165, 1.54) is 22.9 Å². The number of hydrogen-bond acceptors (Lipinski definition) is 5. The Kier molecular flexibility index (Phi) is 7.22. The van der Waals surface area contributed by atoms with Gasteiger partial charge in [-0.1, -0.05) is 30.3 Å². The highest BCUT2D eigenvalue weighted by atomic mass is 16.6. The van der Waals surface area contributed by atoms with E-state index in [2.05, 4.69) is 39.9 Å². The maximum Gasteiger partial charge on any atom is 0.267 e. The number of ether oxygens (including phenoxy) is 2. The zero-order chi connectivity index (χ0) is 25.9. The van der Waals surface area contributed by atoms with Gasteiger partial charge in [0.15, 0.2) is 11.5 Å². The molecule has 8 nitrogen and oxygen atoms in total. The van der Waals surface area contributed by atoms with Crippen LogP contribution in [0.3, 0.4) is 0 Å². The van der Waals surface area contributed by atoms with Crippen molar-refractivity contribution >= 4 is 22.7 Å². The van der Waals surface area contributed by atoms with Crippen molar-refractivity contribution in [3.63, 3.8) is 0 Å². The number of fused-ring (bicyclic) bond motifs is 2. The molecule has 0 radical (unpaired) electrons. The summed E-state index contributed by atoms with van der Waals surface area (Å²) in [5, 5.41) is 1.22.